The highest BCUT2D eigenvalue weighted by Crippen LogP contribution is 2.21. The molecule has 1 aromatic heterocycles. The Morgan fingerprint density at radius 3 is 2.65 bits per heavy atom. The summed E-state index contributed by atoms with van der Waals surface area (Å²) in [5.41, 5.74) is 7.96. The highest BCUT2D eigenvalue weighted by atomic mass is 16.3. The van der Waals surface area contributed by atoms with Crippen molar-refractivity contribution in [2.45, 2.75) is 20.3 Å². The van der Waals surface area contributed by atoms with Gasteiger partial charge in [-0.2, -0.15) is 0 Å². The van der Waals surface area contributed by atoms with Crippen LogP contribution >= 0.6 is 0 Å². The fourth-order valence-corrected chi connectivity index (χ4v) is 1.87. The third-order valence-electron chi connectivity index (χ3n) is 3.11. The average Bonchev–Trinajstić information content (AvgIpc) is 2.86. The molecular formula is C15H19N3O2. The van der Waals surface area contributed by atoms with Crippen LogP contribution in [0, 0.1) is 12.8 Å². The number of nitrogens with zero attached hydrogens (tertiary/aromatic N) is 1. The van der Waals surface area contributed by atoms with Crippen LogP contribution in [0.2, 0.25) is 0 Å². The fraction of sp³-hybridized carbons (Fsp3) is 0.333. The minimum atomic E-state index is -0.0853. The van der Waals surface area contributed by atoms with Crippen molar-refractivity contribution in [3.05, 3.63) is 36.4 Å². The average molecular weight is 273 g/mol. The molecule has 106 valence electrons. The third-order valence-corrected chi connectivity index (χ3v) is 3.11. The predicted molar refractivity (Wildman–Crippen MR) is 78.1 cm³/mol. The van der Waals surface area contributed by atoms with E-state index in [1.54, 1.807) is 13.2 Å². The summed E-state index contributed by atoms with van der Waals surface area (Å²) in [6, 6.07) is 7.51. The number of amides is 1. The number of aromatic nitrogens is 1. The van der Waals surface area contributed by atoms with Gasteiger partial charge in [0.05, 0.1) is 0 Å². The first-order valence-corrected chi connectivity index (χ1v) is 6.63. The van der Waals surface area contributed by atoms with E-state index in [1.807, 2.05) is 31.2 Å². The van der Waals surface area contributed by atoms with E-state index >= 15 is 0 Å². The molecule has 5 nitrogen and oxygen atoms in total. The summed E-state index contributed by atoms with van der Waals surface area (Å²) in [6.07, 6.45) is 2.30. The molecule has 1 aromatic carbocycles. The Kier molecular flexibility index (Phi) is 4.53. The lowest BCUT2D eigenvalue weighted by Crippen LogP contribution is -2.22. The van der Waals surface area contributed by atoms with Gasteiger partial charge in [0, 0.05) is 24.1 Å². The highest BCUT2D eigenvalue weighted by Gasteiger charge is 2.12. The Bertz CT molecular complexity index is 575. The molecule has 0 saturated heterocycles. The lowest BCUT2D eigenvalue weighted by atomic mass is 10.1. The van der Waals surface area contributed by atoms with Crippen LogP contribution in [-0.4, -0.2) is 17.4 Å². The zero-order valence-electron chi connectivity index (χ0n) is 11.7. The molecule has 2 rings (SSSR count). The van der Waals surface area contributed by atoms with Crippen molar-refractivity contribution in [2.75, 3.05) is 11.9 Å². The van der Waals surface area contributed by atoms with E-state index in [-0.39, 0.29) is 11.8 Å². The number of aryl methyl sites for hydroxylation is 1. The van der Waals surface area contributed by atoms with Gasteiger partial charge in [0.25, 0.3) is 0 Å². The number of carbonyl (C=O) groups excluding carboxylic acids is 1. The van der Waals surface area contributed by atoms with Crippen LogP contribution in [0.1, 0.15) is 19.2 Å². The van der Waals surface area contributed by atoms with E-state index in [0.717, 1.165) is 16.9 Å². The van der Waals surface area contributed by atoms with Gasteiger partial charge in [0.15, 0.2) is 5.89 Å². The number of anilines is 1. The van der Waals surface area contributed by atoms with Gasteiger partial charge in [-0.05, 0) is 25.1 Å². The maximum absolute atomic E-state index is 11.9. The second kappa shape index (κ2) is 6.34. The van der Waals surface area contributed by atoms with Crippen molar-refractivity contribution in [3.8, 4) is 11.3 Å². The molecule has 0 aliphatic carbocycles. The van der Waals surface area contributed by atoms with Crippen LogP contribution in [0.4, 0.5) is 5.69 Å². The summed E-state index contributed by atoms with van der Waals surface area (Å²) in [4.78, 5) is 16.1. The quantitative estimate of drug-likeness (QED) is 0.877. The molecule has 1 amide bonds. The van der Waals surface area contributed by atoms with Crippen LogP contribution in [0.15, 0.2) is 34.9 Å². The van der Waals surface area contributed by atoms with Gasteiger partial charge in [-0.1, -0.05) is 19.1 Å². The Morgan fingerprint density at radius 1 is 1.40 bits per heavy atom. The minimum Gasteiger partial charge on any atom is -0.449 e. The van der Waals surface area contributed by atoms with E-state index in [2.05, 4.69) is 10.3 Å². The molecule has 0 aliphatic rings. The van der Waals surface area contributed by atoms with Gasteiger partial charge in [-0.15, -0.1) is 0 Å². The first-order valence-electron chi connectivity index (χ1n) is 6.63. The largest absolute Gasteiger partial charge is 0.449 e. The number of hydrogen-bond acceptors (Lipinski definition) is 4. The highest BCUT2D eigenvalue weighted by molar-refractivity contribution is 5.92. The van der Waals surface area contributed by atoms with Crippen LogP contribution in [0.5, 0.6) is 0 Å². The van der Waals surface area contributed by atoms with Crippen LogP contribution in [-0.2, 0) is 4.79 Å². The first kappa shape index (κ1) is 14.3. The second-order valence-electron chi connectivity index (χ2n) is 4.80. The van der Waals surface area contributed by atoms with Crippen molar-refractivity contribution in [2.24, 2.45) is 11.7 Å². The van der Waals surface area contributed by atoms with E-state index in [1.165, 1.54) is 0 Å². The summed E-state index contributed by atoms with van der Waals surface area (Å²) in [7, 11) is 0. The number of carbonyl (C=O) groups is 1. The fourth-order valence-electron chi connectivity index (χ4n) is 1.87. The number of hydrogen-bond donors (Lipinski definition) is 2. The number of nitrogens with one attached hydrogen (secondary N) is 1. The van der Waals surface area contributed by atoms with Gasteiger partial charge in [-0.3, -0.25) is 4.79 Å². The van der Waals surface area contributed by atoms with E-state index in [4.69, 9.17) is 10.2 Å². The molecule has 20 heavy (non-hydrogen) atoms. The van der Waals surface area contributed by atoms with E-state index in [0.29, 0.717) is 18.9 Å². The molecule has 1 atom stereocenters. The van der Waals surface area contributed by atoms with Gasteiger partial charge >= 0.3 is 0 Å². The summed E-state index contributed by atoms with van der Waals surface area (Å²) in [5.74, 6) is 0.534. The third kappa shape index (κ3) is 3.45. The summed E-state index contributed by atoms with van der Waals surface area (Å²) >= 11 is 0. The van der Waals surface area contributed by atoms with Gasteiger partial charge in [-0.25, -0.2) is 4.98 Å². The molecule has 0 fully saturated rings. The van der Waals surface area contributed by atoms with Crippen LogP contribution < -0.4 is 11.1 Å². The molecule has 1 unspecified atom stereocenters. The zero-order chi connectivity index (χ0) is 14.5. The Morgan fingerprint density at radius 2 is 2.10 bits per heavy atom. The van der Waals surface area contributed by atoms with E-state index < -0.39 is 0 Å². The molecule has 1 heterocycles. The molecule has 0 saturated carbocycles. The molecule has 2 aromatic rings. The molecule has 3 N–H and O–H groups in total. The number of nitrogens with two attached hydrogens (primary N) is 1. The maximum atomic E-state index is 11.9. The zero-order valence-corrected chi connectivity index (χ0v) is 11.7. The van der Waals surface area contributed by atoms with Crippen LogP contribution in [0.25, 0.3) is 11.3 Å². The number of oxazole rings is 1. The Hall–Kier alpha value is -2.14. The summed E-state index contributed by atoms with van der Waals surface area (Å²) in [6.45, 7) is 4.19. The number of benzene rings is 1. The first-order chi connectivity index (χ1) is 9.60. The van der Waals surface area contributed by atoms with Gasteiger partial charge < -0.3 is 15.5 Å². The topological polar surface area (TPSA) is 81.2 Å². The van der Waals surface area contributed by atoms with Gasteiger partial charge in [0.1, 0.15) is 12.0 Å². The second-order valence-corrected chi connectivity index (χ2v) is 4.80. The van der Waals surface area contributed by atoms with Crippen molar-refractivity contribution in [1.29, 1.82) is 0 Å². The SMILES string of the molecule is Cc1nc(-c2ccc(NC(=O)C(C)CCN)cc2)co1. The maximum Gasteiger partial charge on any atom is 0.227 e. The minimum absolute atomic E-state index is 0.0134. The normalized spacial score (nSPS) is 12.2. The van der Waals surface area contributed by atoms with Gasteiger partial charge in [0.2, 0.25) is 5.91 Å². The summed E-state index contributed by atoms with van der Waals surface area (Å²) < 4.78 is 5.18. The lowest BCUT2D eigenvalue weighted by Gasteiger charge is -2.11. The van der Waals surface area contributed by atoms with Crippen molar-refractivity contribution in [1.82, 2.24) is 4.98 Å². The standard InChI is InChI=1S/C15H19N3O2/c1-10(7-8-16)15(19)18-13-5-3-12(4-6-13)14-9-20-11(2)17-14/h3-6,9-10H,7-8,16H2,1-2H3,(H,18,19). The predicted octanol–water partition coefficient (Wildman–Crippen LogP) is 2.57. The molecule has 0 aliphatic heterocycles. The van der Waals surface area contributed by atoms with Crippen molar-refractivity contribution in [3.63, 3.8) is 0 Å². The molecule has 5 heteroatoms. The van der Waals surface area contributed by atoms with E-state index in [9.17, 15) is 4.79 Å². The molecular weight excluding hydrogens is 254 g/mol. The lowest BCUT2D eigenvalue weighted by molar-refractivity contribution is -0.119. The summed E-state index contributed by atoms with van der Waals surface area (Å²) in [5, 5.41) is 2.87. The molecule has 0 spiro atoms. The number of rotatable bonds is 5. The smallest absolute Gasteiger partial charge is 0.227 e. The Labute approximate surface area is 118 Å². The Balaban J connectivity index is 2.03. The molecule has 0 radical (unpaired) electrons. The van der Waals surface area contributed by atoms with Crippen molar-refractivity contribution >= 4 is 11.6 Å². The molecule has 0 bridgehead atoms. The van der Waals surface area contributed by atoms with Crippen LogP contribution in [0.3, 0.4) is 0 Å². The monoisotopic (exact) mass is 273 g/mol. The van der Waals surface area contributed by atoms with Crippen molar-refractivity contribution < 1.29 is 9.21 Å².